The smallest absolute Gasteiger partial charge is 0.261 e. The van der Waals surface area contributed by atoms with Crippen LogP contribution in [-0.4, -0.2) is 26.8 Å². The minimum absolute atomic E-state index is 0.0869. The number of sulfonamides is 1. The maximum absolute atomic E-state index is 12.6. The molecule has 0 heterocycles. The summed E-state index contributed by atoms with van der Waals surface area (Å²) in [7, 11) is -3.75. The molecule has 2 amide bonds. The first-order valence-electron chi connectivity index (χ1n) is 10.1. The largest absolute Gasteiger partial charge is 0.352 e. The highest BCUT2D eigenvalue weighted by Gasteiger charge is 2.15. The Balaban J connectivity index is 1.52. The summed E-state index contributed by atoms with van der Waals surface area (Å²) in [5.74, 6) is -0.536. The van der Waals surface area contributed by atoms with E-state index >= 15 is 0 Å². The molecule has 3 rings (SSSR count). The zero-order chi connectivity index (χ0) is 23.1. The Kier molecular flexibility index (Phi) is 7.27. The van der Waals surface area contributed by atoms with Gasteiger partial charge in [-0.05, 0) is 73.5 Å². The zero-order valence-corrected chi connectivity index (χ0v) is 18.7. The Morgan fingerprint density at radius 3 is 2.12 bits per heavy atom. The van der Waals surface area contributed by atoms with Crippen LogP contribution in [0.25, 0.3) is 0 Å². The monoisotopic (exact) mass is 451 g/mol. The number of benzene rings is 3. The lowest BCUT2D eigenvalue weighted by atomic mass is 10.1. The standard InChI is InChI=1S/C24H25N3O4S/c1-17-8-9-21(16-18(17)2)27-32(30,31)22-12-10-20(11-13-22)26-23(28)14-15-25-24(29)19-6-4-3-5-7-19/h3-13,16,27H,14-15H2,1-2H3,(H,25,29)(H,26,28). The minimum Gasteiger partial charge on any atom is -0.352 e. The summed E-state index contributed by atoms with van der Waals surface area (Å²) in [6, 6.07) is 20.0. The van der Waals surface area contributed by atoms with Gasteiger partial charge in [-0.3, -0.25) is 14.3 Å². The normalized spacial score (nSPS) is 10.9. The summed E-state index contributed by atoms with van der Waals surface area (Å²) in [5.41, 5.74) is 3.55. The van der Waals surface area contributed by atoms with E-state index in [0.29, 0.717) is 16.9 Å². The lowest BCUT2D eigenvalue weighted by Crippen LogP contribution is -2.27. The second-order valence-corrected chi connectivity index (χ2v) is 9.03. The molecule has 0 atom stereocenters. The first-order valence-corrected chi connectivity index (χ1v) is 11.6. The molecule has 3 aromatic carbocycles. The van der Waals surface area contributed by atoms with E-state index in [0.717, 1.165) is 11.1 Å². The molecule has 0 saturated heterocycles. The van der Waals surface area contributed by atoms with Gasteiger partial charge >= 0.3 is 0 Å². The van der Waals surface area contributed by atoms with Crippen LogP contribution in [0.2, 0.25) is 0 Å². The van der Waals surface area contributed by atoms with Crippen molar-refractivity contribution in [1.82, 2.24) is 5.32 Å². The molecule has 0 radical (unpaired) electrons. The molecule has 0 spiro atoms. The van der Waals surface area contributed by atoms with Crippen LogP contribution in [0.15, 0.2) is 77.7 Å². The van der Waals surface area contributed by atoms with Crippen molar-refractivity contribution in [3.8, 4) is 0 Å². The van der Waals surface area contributed by atoms with E-state index in [2.05, 4.69) is 15.4 Å². The molecule has 0 aliphatic heterocycles. The second-order valence-electron chi connectivity index (χ2n) is 7.35. The Morgan fingerprint density at radius 1 is 0.812 bits per heavy atom. The summed E-state index contributed by atoms with van der Waals surface area (Å²) < 4.78 is 27.8. The zero-order valence-electron chi connectivity index (χ0n) is 17.9. The van der Waals surface area contributed by atoms with Crippen LogP contribution in [0, 0.1) is 13.8 Å². The Labute approximate surface area is 187 Å². The Morgan fingerprint density at radius 2 is 1.47 bits per heavy atom. The topological polar surface area (TPSA) is 104 Å². The molecule has 0 aliphatic rings. The van der Waals surface area contributed by atoms with Gasteiger partial charge in [0.2, 0.25) is 5.91 Å². The van der Waals surface area contributed by atoms with E-state index in [1.54, 1.807) is 36.4 Å². The number of rotatable bonds is 8. The van der Waals surface area contributed by atoms with Crippen molar-refractivity contribution >= 4 is 33.2 Å². The van der Waals surface area contributed by atoms with Crippen molar-refractivity contribution < 1.29 is 18.0 Å². The number of carbonyl (C=O) groups is 2. The molecular formula is C24H25N3O4S. The fraction of sp³-hybridized carbons (Fsp3) is 0.167. The quantitative estimate of drug-likeness (QED) is 0.484. The van der Waals surface area contributed by atoms with Crippen molar-refractivity contribution in [3.63, 3.8) is 0 Å². The van der Waals surface area contributed by atoms with E-state index in [1.807, 2.05) is 26.0 Å². The second kappa shape index (κ2) is 10.1. The van der Waals surface area contributed by atoms with Crippen molar-refractivity contribution in [2.45, 2.75) is 25.2 Å². The van der Waals surface area contributed by atoms with Crippen molar-refractivity contribution in [3.05, 3.63) is 89.5 Å². The average Bonchev–Trinajstić information content (AvgIpc) is 2.77. The van der Waals surface area contributed by atoms with Gasteiger partial charge in [-0.15, -0.1) is 0 Å². The summed E-state index contributed by atoms with van der Waals surface area (Å²) in [6.45, 7) is 4.06. The lowest BCUT2D eigenvalue weighted by Gasteiger charge is -2.11. The summed E-state index contributed by atoms with van der Waals surface area (Å²) >= 11 is 0. The predicted octanol–water partition coefficient (Wildman–Crippen LogP) is 3.86. The first kappa shape index (κ1) is 23.0. The van der Waals surface area contributed by atoms with Crippen LogP contribution >= 0.6 is 0 Å². The Hall–Kier alpha value is -3.65. The number of amides is 2. The van der Waals surface area contributed by atoms with Crippen LogP contribution < -0.4 is 15.4 Å². The molecule has 7 nitrogen and oxygen atoms in total. The van der Waals surface area contributed by atoms with Gasteiger partial charge in [0.05, 0.1) is 4.90 Å². The van der Waals surface area contributed by atoms with Crippen molar-refractivity contribution in [2.75, 3.05) is 16.6 Å². The first-order chi connectivity index (χ1) is 15.2. The van der Waals surface area contributed by atoms with E-state index in [4.69, 9.17) is 0 Å². The number of hydrogen-bond acceptors (Lipinski definition) is 4. The number of aryl methyl sites for hydroxylation is 2. The highest BCUT2D eigenvalue weighted by atomic mass is 32.2. The molecule has 0 unspecified atom stereocenters. The summed E-state index contributed by atoms with van der Waals surface area (Å²) in [5, 5.41) is 5.38. The third-order valence-electron chi connectivity index (χ3n) is 4.88. The molecule has 32 heavy (non-hydrogen) atoms. The molecule has 0 bridgehead atoms. The van der Waals surface area contributed by atoms with E-state index in [-0.39, 0.29) is 29.7 Å². The third kappa shape index (κ3) is 6.18. The van der Waals surface area contributed by atoms with Crippen molar-refractivity contribution in [1.29, 1.82) is 0 Å². The van der Waals surface area contributed by atoms with E-state index in [1.165, 1.54) is 24.3 Å². The molecule has 3 N–H and O–H groups in total. The maximum Gasteiger partial charge on any atom is 0.261 e. The van der Waals surface area contributed by atoms with Crippen LogP contribution in [-0.2, 0) is 14.8 Å². The minimum atomic E-state index is -3.75. The van der Waals surface area contributed by atoms with Gasteiger partial charge < -0.3 is 10.6 Å². The van der Waals surface area contributed by atoms with Crippen LogP contribution in [0.3, 0.4) is 0 Å². The highest BCUT2D eigenvalue weighted by Crippen LogP contribution is 2.20. The van der Waals surface area contributed by atoms with E-state index in [9.17, 15) is 18.0 Å². The number of carbonyl (C=O) groups excluding carboxylic acids is 2. The van der Waals surface area contributed by atoms with Gasteiger partial charge in [-0.2, -0.15) is 0 Å². The van der Waals surface area contributed by atoms with Crippen LogP contribution in [0.1, 0.15) is 27.9 Å². The van der Waals surface area contributed by atoms with Gasteiger partial charge in [0.25, 0.3) is 15.9 Å². The molecule has 166 valence electrons. The fourth-order valence-corrected chi connectivity index (χ4v) is 3.99. The molecule has 8 heteroatoms. The maximum atomic E-state index is 12.6. The third-order valence-corrected chi connectivity index (χ3v) is 6.28. The molecule has 0 fully saturated rings. The van der Waals surface area contributed by atoms with Gasteiger partial charge in [-0.25, -0.2) is 8.42 Å². The summed E-state index contributed by atoms with van der Waals surface area (Å²) in [4.78, 5) is 24.2. The van der Waals surface area contributed by atoms with E-state index < -0.39 is 10.0 Å². The molecular weight excluding hydrogens is 426 g/mol. The number of hydrogen-bond donors (Lipinski definition) is 3. The lowest BCUT2D eigenvalue weighted by molar-refractivity contribution is -0.116. The van der Waals surface area contributed by atoms with Gasteiger partial charge in [0.15, 0.2) is 0 Å². The average molecular weight is 452 g/mol. The number of nitrogens with one attached hydrogen (secondary N) is 3. The van der Waals surface area contributed by atoms with Crippen LogP contribution in [0.5, 0.6) is 0 Å². The molecule has 0 aliphatic carbocycles. The van der Waals surface area contributed by atoms with Gasteiger partial charge in [-0.1, -0.05) is 24.3 Å². The SMILES string of the molecule is Cc1ccc(NS(=O)(=O)c2ccc(NC(=O)CCNC(=O)c3ccccc3)cc2)cc1C. The summed E-state index contributed by atoms with van der Waals surface area (Å²) in [6.07, 6.45) is 0.0902. The van der Waals surface area contributed by atoms with Crippen LogP contribution in [0.4, 0.5) is 11.4 Å². The molecule has 0 saturated carbocycles. The van der Waals surface area contributed by atoms with Crippen molar-refractivity contribution in [2.24, 2.45) is 0 Å². The molecule has 0 aromatic heterocycles. The predicted molar refractivity (Wildman–Crippen MR) is 125 cm³/mol. The fourth-order valence-electron chi connectivity index (χ4n) is 2.94. The Bertz CT molecular complexity index is 1210. The molecule has 3 aromatic rings. The van der Waals surface area contributed by atoms with Gasteiger partial charge in [0.1, 0.15) is 0 Å². The van der Waals surface area contributed by atoms with Gasteiger partial charge in [0, 0.05) is 29.9 Å². The highest BCUT2D eigenvalue weighted by molar-refractivity contribution is 7.92. The number of anilines is 2.